The quantitative estimate of drug-likeness (QED) is 0.693. The van der Waals surface area contributed by atoms with Crippen molar-refractivity contribution in [1.29, 1.82) is 0 Å². The maximum absolute atomic E-state index is 13.0. The van der Waals surface area contributed by atoms with Crippen LogP contribution in [0.5, 0.6) is 0 Å². The third-order valence-electron chi connectivity index (χ3n) is 3.86. The van der Waals surface area contributed by atoms with Crippen molar-refractivity contribution in [2.75, 3.05) is 12.4 Å². The lowest BCUT2D eigenvalue weighted by Gasteiger charge is -2.31. The molecule has 0 unspecified atom stereocenters. The number of benzene rings is 1. The maximum atomic E-state index is 13.0. The van der Waals surface area contributed by atoms with Crippen molar-refractivity contribution in [1.82, 2.24) is 4.90 Å². The van der Waals surface area contributed by atoms with Gasteiger partial charge in [0.1, 0.15) is 11.4 Å². The average Bonchev–Trinajstić information content (AvgIpc) is 2.96. The van der Waals surface area contributed by atoms with Crippen LogP contribution in [0.2, 0.25) is 5.02 Å². The van der Waals surface area contributed by atoms with Crippen LogP contribution in [0.3, 0.4) is 0 Å². The van der Waals surface area contributed by atoms with Gasteiger partial charge in [-0.15, -0.1) is 11.8 Å². The molecule has 0 aromatic heterocycles. The standard InChI is InChI=1S/C19H26ClNO3S/c1-5-10-24-18(23)15-12-25-17(13-8-6-7-9-14(13)20)21(15)16(22)11-19(2,3)4/h6-9,15,17H,5,10-12H2,1-4H3/t15-,17+/m1/s1. The van der Waals surface area contributed by atoms with Crippen molar-refractivity contribution < 1.29 is 14.3 Å². The fraction of sp³-hybridized carbons (Fsp3) is 0.579. The van der Waals surface area contributed by atoms with E-state index in [1.165, 1.54) is 0 Å². The van der Waals surface area contributed by atoms with E-state index in [-0.39, 0.29) is 22.7 Å². The van der Waals surface area contributed by atoms with E-state index in [0.717, 1.165) is 12.0 Å². The van der Waals surface area contributed by atoms with Gasteiger partial charge in [-0.1, -0.05) is 57.5 Å². The van der Waals surface area contributed by atoms with Gasteiger partial charge in [0.25, 0.3) is 0 Å². The molecule has 138 valence electrons. The number of amides is 1. The van der Waals surface area contributed by atoms with Crippen LogP contribution in [0, 0.1) is 5.41 Å². The van der Waals surface area contributed by atoms with E-state index >= 15 is 0 Å². The summed E-state index contributed by atoms with van der Waals surface area (Å²) >= 11 is 7.91. The van der Waals surface area contributed by atoms with Crippen LogP contribution < -0.4 is 0 Å². The Bertz CT molecular complexity index is 629. The summed E-state index contributed by atoms with van der Waals surface area (Å²) < 4.78 is 5.32. The van der Waals surface area contributed by atoms with E-state index in [2.05, 4.69) is 0 Å². The van der Waals surface area contributed by atoms with Crippen molar-refractivity contribution in [3.8, 4) is 0 Å². The molecule has 1 aliphatic rings. The Hall–Kier alpha value is -1.20. The molecule has 1 saturated heterocycles. The summed E-state index contributed by atoms with van der Waals surface area (Å²) in [5, 5.41) is 0.346. The van der Waals surface area contributed by atoms with Gasteiger partial charge in [0.2, 0.25) is 5.91 Å². The third-order valence-corrected chi connectivity index (χ3v) is 5.51. The molecule has 1 aliphatic heterocycles. The predicted molar refractivity (Wildman–Crippen MR) is 103 cm³/mol. The third kappa shape index (κ3) is 5.14. The smallest absolute Gasteiger partial charge is 0.329 e. The highest BCUT2D eigenvalue weighted by atomic mass is 35.5. The Morgan fingerprint density at radius 3 is 2.60 bits per heavy atom. The molecular weight excluding hydrogens is 358 g/mol. The van der Waals surface area contributed by atoms with Gasteiger partial charge in [0.05, 0.1) is 6.61 Å². The van der Waals surface area contributed by atoms with Crippen LogP contribution >= 0.6 is 23.4 Å². The summed E-state index contributed by atoms with van der Waals surface area (Å²) in [5.74, 6) is 0.154. The Labute approximate surface area is 159 Å². The summed E-state index contributed by atoms with van der Waals surface area (Å²) in [6.07, 6.45) is 1.13. The second kappa shape index (κ2) is 8.45. The van der Waals surface area contributed by atoms with Crippen LogP contribution in [0.25, 0.3) is 0 Å². The number of carbonyl (C=O) groups excluding carboxylic acids is 2. The number of ether oxygens (including phenoxy) is 1. The van der Waals surface area contributed by atoms with Crippen molar-refractivity contribution in [3.05, 3.63) is 34.9 Å². The molecule has 0 aliphatic carbocycles. The second-order valence-corrected chi connectivity index (χ2v) is 8.95. The number of thioether (sulfide) groups is 1. The van der Waals surface area contributed by atoms with E-state index in [4.69, 9.17) is 16.3 Å². The predicted octanol–water partition coefficient (Wildman–Crippen LogP) is 4.67. The lowest BCUT2D eigenvalue weighted by atomic mass is 9.91. The number of rotatable bonds is 5. The first kappa shape index (κ1) is 20.1. The first-order chi connectivity index (χ1) is 11.7. The molecule has 4 nitrogen and oxygen atoms in total. The molecule has 0 N–H and O–H groups in total. The van der Waals surface area contributed by atoms with Crippen molar-refractivity contribution in [2.45, 2.75) is 52.0 Å². The van der Waals surface area contributed by atoms with Gasteiger partial charge in [-0.3, -0.25) is 4.79 Å². The van der Waals surface area contributed by atoms with E-state index in [9.17, 15) is 9.59 Å². The minimum atomic E-state index is -0.562. The molecule has 0 radical (unpaired) electrons. The SMILES string of the molecule is CCCOC(=O)[C@H]1CS[C@@H](c2ccccc2Cl)N1C(=O)CC(C)(C)C. The lowest BCUT2D eigenvalue weighted by Crippen LogP contribution is -2.45. The summed E-state index contributed by atoms with van der Waals surface area (Å²) in [7, 11) is 0. The molecule has 6 heteroatoms. The zero-order chi connectivity index (χ0) is 18.6. The fourth-order valence-electron chi connectivity index (χ4n) is 2.75. The number of carbonyl (C=O) groups is 2. The molecule has 2 atom stereocenters. The largest absolute Gasteiger partial charge is 0.464 e. The molecule has 1 aromatic carbocycles. The summed E-state index contributed by atoms with van der Waals surface area (Å²) in [6.45, 7) is 8.37. The van der Waals surface area contributed by atoms with Gasteiger partial charge in [0.15, 0.2) is 0 Å². The van der Waals surface area contributed by atoms with Crippen molar-refractivity contribution in [3.63, 3.8) is 0 Å². The molecular formula is C19H26ClNO3S. The first-order valence-corrected chi connectivity index (χ1v) is 10.0. The molecule has 25 heavy (non-hydrogen) atoms. The molecule has 1 aromatic rings. The highest BCUT2D eigenvalue weighted by Crippen LogP contribution is 2.45. The number of halogens is 1. The van der Waals surface area contributed by atoms with Crippen LogP contribution in [0.4, 0.5) is 0 Å². The second-order valence-electron chi connectivity index (χ2n) is 7.43. The van der Waals surface area contributed by atoms with Crippen molar-refractivity contribution >= 4 is 35.2 Å². The normalized spacial score (nSPS) is 20.6. The number of hydrogen-bond acceptors (Lipinski definition) is 4. The van der Waals surface area contributed by atoms with E-state index < -0.39 is 6.04 Å². The van der Waals surface area contributed by atoms with E-state index in [0.29, 0.717) is 23.8 Å². The minimum absolute atomic E-state index is 0.0409. The van der Waals surface area contributed by atoms with Gasteiger partial charge in [-0.2, -0.15) is 0 Å². The fourth-order valence-corrected chi connectivity index (χ4v) is 4.53. The molecule has 0 bridgehead atoms. The van der Waals surface area contributed by atoms with Crippen LogP contribution in [0.15, 0.2) is 24.3 Å². The Kier molecular flexibility index (Phi) is 6.80. The minimum Gasteiger partial charge on any atom is -0.464 e. The summed E-state index contributed by atoms with van der Waals surface area (Å²) in [5.41, 5.74) is 0.704. The van der Waals surface area contributed by atoms with Gasteiger partial charge < -0.3 is 9.64 Å². The number of nitrogens with zero attached hydrogens (tertiary/aromatic N) is 1. The topological polar surface area (TPSA) is 46.6 Å². The highest BCUT2D eigenvalue weighted by molar-refractivity contribution is 7.99. The molecule has 0 saturated carbocycles. The van der Waals surface area contributed by atoms with E-state index in [1.54, 1.807) is 16.7 Å². The van der Waals surface area contributed by atoms with Crippen LogP contribution in [-0.2, 0) is 14.3 Å². The van der Waals surface area contributed by atoms with Gasteiger partial charge in [-0.25, -0.2) is 4.79 Å². The average molecular weight is 384 g/mol. The maximum Gasteiger partial charge on any atom is 0.329 e. The monoisotopic (exact) mass is 383 g/mol. The van der Waals surface area contributed by atoms with Gasteiger partial charge in [0, 0.05) is 22.8 Å². The lowest BCUT2D eigenvalue weighted by molar-refractivity contribution is -0.154. The molecule has 1 fully saturated rings. The van der Waals surface area contributed by atoms with E-state index in [1.807, 2.05) is 52.0 Å². The Balaban J connectivity index is 2.31. The van der Waals surface area contributed by atoms with Gasteiger partial charge in [-0.05, 0) is 17.9 Å². The Morgan fingerprint density at radius 2 is 2.00 bits per heavy atom. The summed E-state index contributed by atoms with van der Waals surface area (Å²) in [4.78, 5) is 27.2. The number of esters is 1. The number of hydrogen-bond donors (Lipinski definition) is 0. The zero-order valence-corrected chi connectivity index (χ0v) is 16.8. The molecule has 1 amide bonds. The summed E-state index contributed by atoms with van der Waals surface area (Å²) in [6, 6.07) is 6.92. The van der Waals surface area contributed by atoms with Crippen LogP contribution in [-0.4, -0.2) is 35.2 Å². The molecule has 2 rings (SSSR count). The Morgan fingerprint density at radius 1 is 1.32 bits per heavy atom. The highest BCUT2D eigenvalue weighted by Gasteiger charge is 2.44. The first-order valence-electron chi connectivity index (χ1n) is 8.58. The van der Waals surface area contributed by atoms with Gasteiger partial charge >= 0.3 is 5.97 Å². The zero-order valence-electron chi connectivity index (χ0n) is 15.3. The van der Waals surface area contributed by atoms with Crippen molar-refractivity contribution in [2.24, 2.45) is 5.41 Å². The van der Waals surface area contributed by atoms with Crippen LogP contribution in [0.1, 0.15) is 51.5 Å². The molecule has 1 heterocycles. The molecule has 0 spiro atoms.